The highest BCUT2D eigenvalue weighted by Crippen LogP contribution is 2.48. The van der Waals surface area contributed by atoms with E-state index in [0.29, 0.717) is 5.92 Å². The lowest BCUT2D eigenvalue weighted by Gasteiger charge is -2.25. The number of esters is 1. The molecule has 2 nitrogen and oxygen atoms in total. The van der Waals surface area contributed by atoms with E-state index in [1.165, 1.54) is 5.57 Å². The number of ether oxygens (including phenoxy) is 1. The van der Waals surface area contributed by atoms with Gasteiger partial charge in [0.25, 0.3) is 0 Å². The van der Waals surface area contributed by atoms with Gasteiger partial charge in [-0.15, -0.1) is 0 Å². The SMILES string of the molecule is CC1=CCC2C(C)C(=O)OC12C. The molecule has 0 saturated carbocycles. The van der Waals surface area contributed by atoms with Crippen LogP contribution in [0.4, 0.5) is 0 Å². The second-order valence-corrected chi connectivity index (χ2v) is 4.05. The number of fused-ring (bicyclic) bond motifs is 1. The maximum Gasteiger partial charge on any atom is 0.309 e. The monoisotopic (exact) mass is 166 g/mol. The highest BCUT2D eigenvalue weighted by Gasteiger charge is 2.53. The quantitative estimate of drug-likeness (QED) is 0.406. The number of rotatable bonds is 0. The van der Waals surface area contributed by atoms with Crippen LogP contribution < -0.4 is 0 Å². The summed E-state index contributed by atoms with van der Waals surface area (Å²) in [6.45, 7) is 6.04. The molecule has 0 spiro atoms. The molecule has 3 atom stereocenters. The minimum atomic E-state index is -0.281. The third kappa shape index (κ3) is 0.728. The van der Waals surface area contributed by atoms with Gasteiger partial charge >= 0.3 is 5.97 Å². The fourth-order valence-corrected chi connectivity index (χ4v) is 2.33. The first-order chi connectivity index (χ1) is 5.55. The van der Waals surface area contributed by atoms with Gasteiger partial charge in [-0.3, -0.25) is 4.79 Å². The Kier molecular flexibility index (Phi) is 1.39. The molecule has 3 unspecified atom stereocenters. The fourth-order valence-electron chi connectivity index (χ4n) is 2.33. The normalized spacial score (nSPS) is 45.6. The van der Waals surface area contributed by atoms with Gasteiger partial charge in [-0.05, 0) is 25.8 Å². The second-order valence-electron chi connectivity index (χ2n) is 4.05. The summed E-state index contributed by atoms with van der Waals surface area (Å²) < 4.78 is 5.39. The summed E-state index contributed by atoms with van der Waals surface area (Å²) in [4.78, 5) is 11.3. The minimum Gasteiger partial charge on any atom is -0.454 e. The van der Waals surface area contributed by atoms with Gasteiger partial charge in [-0.2, -0.15) is 0 Å². The van der Waals surface area contributed by atoms with Crippen LogP contribution in [0.2, 0.25) is 0 Å². The first-order valence-electron chi connectivity index (χ1n) is 4.46. The van der Waals surface area contributed by atoms with E-state index in [1.807, 2.05) is 20.8 Å². The van der Waals surface area contributed by atoms with Gasteiger partial charge < -0.3 is 4.74 Å². The minimum absolute atomic E-state index is 0.0325. The first kappa shape index (κ1) is 7.84. The molecular weight excluding hydrogens is 152 g/mol. The Labute approximate surface area is 72.6 Å². The number of hydrogen-bond donors (Lipinski definition) is 0. The Balaban J connectivity index is 2.37. The van der Waals surface area contributed by atoms with Gasteiger partial charge in [0.2, 0.25) is 0 Å². The van der Waals surface area contributed by atoms with E-state index >= 15 is 0 Å². The molecule has 0 aromatic carbocycles. The molecule has 0 aromatic heterocycles. The zero-order chi connectivity index (χ0) is 8.93. The zero-order valence-corrected chi connectivity index (χ0v) is 7.76. The molecule has 12 heavy (non-hydrogen) atoms. The summed E-state index contributed by atoms with van der Waals surface area (Å²) in [6.07, 6.45) is 3.18. The van der Waals surface area contributed by atoms with Crippen molar-refractivity contribution in [1.82, 2.24) is 0 Å². The van der Waals surface area contributed by atoms with Crippen molar-refractivity contribution in [2.24, 2.45) is 11.8 Å². The van der Waals surface area contributed by atoms with Gasteiger partial charge in [0.05, 0.1) is 5.92 Å². The van der Waals surface area contributed by atoms with Gasteiger partial charge in [0, 0.05) is 5.92 Å². The van der Waals surface area contributed by atoms with E-state index in [-0.39, 0.29) is 17.5 Å². The van der Waals surface area contributed by atoms with Crippen LogP contribution in [-0.4, -0.2) is 11.6 Å². The molecule has 2 heteroatoms. The average Bonchev–Trinajstić information content (AvgIpc) is 2.38. The Morgan fingerprint density at radius 1 is 1.67 bits per heavy atom. The van der Waals surface area contributed by atoms with E-state index in [9.17, 15) is 4.79 Å². The van der Waals surface area contributed by atoms with E-state index in [4.69, 9.17) is 4.74 Å². The average molecular weight is 166 g/mol. The highest BCUT2D eigenvalue weighted by atomic mass is 16.6. The predicted octanol–water partition coefficient (Wildman–Crippen LogP) is 1.90. The predicted molar refractivity (Wildman–Crippen MR) is 45.5 cm³/mol. The fraction of sp³-hybridized carbons (Fsp3) is 0.700. The molecular formula is C10H14O2. The second kappa shape index (κ2) is 2.12. The van der Waals surface area contributed by atoms with Crippen molar-refractivity contribution < 1.29 is 9.53 Å². The third-order valence-electron chi connectivity index (χ3n) is 3.46. The van der Waals surface area contributed by atoms with E-state index in [1.54, 1.807) is 0 Å². The highest BCUT2D eigenvalue weighted by molar-refractivity contribution is 5.76. The first-order valence-corrected chi connectivity index (χ1v) is 4.46. The van der Waals surface area contributed by atoms with E-state index in [0.717, 1.165) is 6.42 Å². The van der Waals surface area contributed by atoms with Crippen molar-refractivity contribution in [1.29, 1.82) is 0 Å². The summed E-state index contributed by atoms with van der Waals surface area (Å²) in [5.74, 6) is 0.420. The molecule has 1 aliphatic carbocycles. The molecule has 0 amide bonds. The van der Waals surface area contributed by atoms with Crippen LogP contribution in [0.5, 0.6) is 0 Å². The molecule has 0 radical (unpaired) electrons. The molecule has 2 aliphatic rings. The van der Waals surface area contributed by atoms with E-state index in [2.05, 4.69) is 6.08 Å². The molecule has 1 aliphatic heterocycles. The summed E-state index contributed by atoms with van der Waals surface area (Å²) in [5.41, 5.74) is 0.932. The zero-order valence-electron chi connectivity index (χ0n) is 7.76. The Hall–Kier alpha value is -0.790. The van der Waals surface area contributed by atoms with Crippen molar-refractivity contribution in [3.8, 4) is 0 Å². The largest absolute Gasteiger partial charge is 0.454 e. The summed E-state index contributed by atoms with van der Waals surface area (Å²) in [7, 11) is 0. The van der Waals surface area contributed by atoms with Crippen molar-refractivity contribution in [2.45, 2.75) is 32.8 Å². The molecule has 1 saturated heterocycles. The van der Waals surface area contributed by atoms with Crippen molar-refractivity contribution in [2.75, 3.05) is 0 Å². The molecule has 2 rings (SSSR count). The lowest BCUT2D eigenvalue weighted by atomic mass is 9.83. The summed E-state index contributed by atoms with van der Waals surface area (Å²) in [5, 5.41) is 0. The number of carbonyl (C=O) groups excluding carboxylic acids is 1. The molecule has 0 bridgehead atoms. The summed E-state index contributed by atoms with van der Waals surface area (Å²) >= 11 is 0. The van der Waals surface area contributed by atoms with Crippen LogP contribution in [0, 0.1) is 11.8 Å². The molecule has 0 aromatic rings. The lowest BCUT2D eigenvalue weighted by molar-refractivity contribution is -0.147. The van der Waals surface area contributed by atoms with Gasteiger partial charge in [-0.1, -0.05) is 13.0 Å². The maximum absolute atomic E-state index is 11.3. The van der Waals surface area contributed by atoms with Crippen LogP contribution in [0.25, 0.3) is 0 Å². The molecule has 1 fully saturated rings. The third-order valence-corrected chi connectivity index (χ3v) is 3.46. The van der Waals surface area contributed by atoms with Gasteiger partial charge in [0.1, 0.15) is 5.60 Å². The van der Waals surface area contributed by atoms with Gasteiger partial charge in [-0.25, -0.2) is 0 Å². The van der Waals surface area contributed by atoms with E-state index < -0.39 is 0 Å². The Morgan fingerprint density at radius 2 is 2.33 bits per heavy atom. The summed E-state index contributed by atoms with van der Waals surface area (Å²) in [6, 6.07) is 0. The Bertz CT molecular complexity index is 267. The van der Waals surface area contributed by atoms with Crippen molar-refractivity contribution in [3.05, 3.63) is 11.6 Å². The molecule has 1 heterocycles. The van der Waals surface area contributed by atoms with Crippen LogP contribution in [0.3, 0.4) is 0 Å². The number of allylic oxidation sites excluding steroid dienone is 1. The molecule has 0 N–H and O–H groups in total. The van der Waals surface area contributed by atoms with Crippen LogP contribution in [0.15, 0.2) is 11.6 Å². The standard InChI is InChI=1S/C10H14O2/c1-6-4-5-8-7(2)9(11)12-10(6,8)3/h4,7-8H,5H2,1-3H3. The van der Waals surface area contributed by atoms with Gasteiger partial charge in [0.15, 0.2) is 0 Å². The smallest absolute Gasteiger partial charge is 0.309 e. The Morgan fingerprint density at radius 3 is 2.92 bits per heavy atom. The van der Waals surface area contributed by atoms with Crippen molar-refractivity contribution >= 4 is 5.97 Å². The van der Waals surface area contributed by atoms with Crippen LogP contribution in [-0.2, 0) is 9.53 Å². The van der Waals surface area contributed by atoms with Crippen LogP contribution in [0.1, 0.15) is 27.2 Å². The topological polar surface area (TPSA) is 26.3 Å². The van der Waals surface area contributed by atoms with Crippen molar-refractivity contribution in [3.63, 3.8) is 0 Å². The number of hydrogen-bond acceptors (Lipinski definition) is 2. The maximum atomic E-state index is 11.3. The molecule has 66 valence electrons. The van der Waals surface area contributed by atoms with Crippen LogP contribution >= 0.6 is 0 Å². The lowest BCUT2D eigenvalue weighted by Crippen LogP contribution is -2.30. The number of carbonyl (C=O) groups is 1.